The first kappa shape index (κ1) is 22.8. The first-order valence-electron chi connectivity index (χ1n) is 10.4. The highest BCUT2D eigenvalue weighted by Crippen LogP contribution is 2.30. The number of rotatable bonds is 7. The van der Waals surface area contributed by atoms with Crippen LogP contribution < -0.4 is 20.3 Å². The molecule has 2 aromatic carbocycles. The summed E-state index contributed by atoms with van der Waals surface area (Å²) in [6.07, 6.45) is 3.05. The maximum atomic E-state index is 12.8. The number of hydrogen-bond acceptors (Lipinski definition) is 6. The van der Waals surface area contributed by atoms with Crippen molar-refractivity contribution in [2.24, 2.45) is 0 Å². The van der Waals surface area contributed by atoms with Crippen molar-refractivity contribution in [1.82, 2.24) is 10.9 Å². The molecule has 4 rings (SSSR count). The molecule has 172 valence electrons. The van der Waals surface area contributed by atoms with Crippen LogP contribution in [0.4, 0.5) is 5.69 Å². The van der Waals surface area contributed by atoms with Crippen LogP contribution in [0.1, 0.15) is 43.8 Å². The Morgan fingerprint density at radius 1 is 1.00 bits per heavy atom. The number of carbonyl (C=O) groups is 2. The van der Waals surface area contributed by atoms with Crippen molar-refractivity contribution in [3.8, 4) is 5.75 Å². The van der Waals surface area contributed by atoms with Gasteiger partial charge in [-0.2, -0.15) is 0 Å². The van der Waals surface area contributed by atoms with E-state index in [9.17, 15) is 18.0 Å². The Hall–Kier alpha value is -3.37. The number of ether oxygens (including phenoxy) is 1. The zero-order valence-corrected chi connectivity index (χ0v) is 19.5. The van der Waals surface area contributed by atoms with E-state index in [0.717, 1.165) is 19.3 Å². The Kier molecular flexibility index (Phi) is 6.66. The number of aryl methyl sites for hydroxylation is 2. The SMILES string of the molecule is CCOc1ccc(NS(=O)(=O)c2cccc(C(=O)NNC(=O)c3cc4c(s3)CCC4)c2)cc1. The maximum Gasteiger partial charge on any atom is 0.279 e. The van der Waals surface area contributed by atoms with Crippen LogP contribution in [0.2, 0.25) is 0 Å². The monoisotopic (exact) mass is 485 g/mol. The number of benzene rings is 2. The van der Waals surface area contributed by atoms with E-state index in [1.165, 1.54) is 46.0 Å². The van der Waals surface area contributed by atoms with Crippen molar-refractivity contribution >= 4 is 38.9 Å². The predicted octanol–water partition coefficient (Wildman–Crippen LogP) is 3.51. The summed E-state index contributed by atoms with van der Waals surface area (Å²) in [6.45, 7) is 2.37. The number of fused-ring (bicyclic) bond motifs is 1. The van der Waals surface area contributed by atoms with Gasteiger partial charge in [-0.05, 0) is 80.3 Å². The summed E-state index contributed by atoms with van der Waals surface area (Å²) in [4.78, 5) is 26.5. The van der Waals surface area contributed by atoms with Crippen molar-refractivity contribution < 1.29 is 22.7 Å². The van der Waals surface area contributed by atoms with Crippen LogP contribution in [0.5, 0.6) is 5.75 Å². The molecule has 0 spiro atoms. The summed E-state index contributed by atoms with van der Waals surface area (Å²) in [6, 6.07) is 13.9. The van der Waals surface area contributed by atoms with Gasteiger partial charge in [0.05, 0.1) is 16.4 Å². The van der Waals surface area contributed by atoms with E-state index in [4.69, 9.17) is 4.74 Å². The molecule has 0 radical (unpaired) electrons. The lowest BCUT2D eigenvalue weighted by molar-refractivity contribution is 0.0848. The molecule has 0 bridgehead atoms. The summed E-state index contributed by atoms with van der Waals surface area (Å²) < 4.78 is 33.4. The molecule has 3 aromatic rings. The average Bonchev–Trinajstić information content (AvgIpc) is 3.41. The van der Waals surface area contributed by atoms with E-state index in [1.54, 1.807) is 24.3 Å². The van der Waals surface area contributed by atoms with Gasteiger partial charge in [-0.3, -0.25) is 25.2 Å². The third-order valence-electron chi connectivity index (χ3n) is 5.08. The Labute approximate surface area is 196 Å². The number of thiophene rings is 1. The molecule has 0 fully saturated rings. The summed E-state index contributed by atoms with van der Waals surface area (Å²) in [7, 11) is -3.92. The second-order valence-electron chi connectivity index (χ2n) is 7.41. The van der Waals surface area contributed by atoms with Crippen LogP contribution in [0.3, 0.4) is 0 Å². The minimum Gasteiger partial charge on any atom is -0.494 e. The molecular weight excluding hydrogens is 462 g/mol. The number of nitrogens with one attached hydrogen (secondary N) is 3. The minimum atomic E-state index is -3.92. The molecule has 0 aliphatic heterocycles. The molecule has 1 aliphatic rings. The van der Waals surface area contributed by atoms with E-state index in [-0.39, 0.29) is 10.5 Å². The summed E-state index contributed by atoms with van der Waals surface area (Å²) >= 11 is 1.43. The van der Waals surface area contributed by atoms with Gasteiger partial charge in [-0.25, -0.2) is 8.42 Å². The Morgan fingerprint density at radius 3 is 2.48 bits per heavy atom. The van der Waals surface area contributed by atoms with Gasteiger partial charge in [0.2, 0.25) is 0 Å². The van der Waals surface area contributed by atoms with Gasteiger partial charge in [0, 0.05) is 16.1 Å². The number of hydrazine groups is 1. The maximum absolute atomic E-state index is 12.8. The Balaban J connectivity index is 1.40. The summed E-state index contributed by atoms with van der Waals surface area (Å²) in [5, 5.41) is 0. The van der Waals surface area contributed by atoms with Gasteiger partial charge >= 0.3 is 0 Å². The Morgan fingerprint density at radius 2 is 1.76 bits per heavy atom. The standard InChI is InChI=1S/C23H23N3O5S2/c1-2-31-18-11-9-17(10-12-18)26-33(29,30)19-7-3-6-16(13-19)22(27)24-25-23(28)21-14-15-5-4-8-20(15)32-21/h3,6-7,9-14,26H,2,4-5,8H2,1H3,(H,24,27)(H,25,28). The van der Waals surface area contributed by atoms with Crippen molar-refractivity contribution in [2.45, 2.75) is 31.1 Å². The lowest BCUT2D eigenvalue weighted by atomic mass is 10.2. The lowest BCUT2D eigenvalue weighted by Crippen LogP contribution is -2.41. The van der Waals surface area contributed by atoms with E-state index < -0.39 is 21.8 Å². The van der Waals surface area contributed by atoms with Crippen molar-refractivity contribution in [3.63, 3.8) is 0 Å². The lowest BCUT2D eigenvalue weighted by Gasteiger charge is -2.11. The topological polar surface area (TPSA) is 114 Å². The highest BCUT2D eigenvalue weighted by Gasteiger charge is 2.20. The van der Waals surface area contributed by atoms with Crippen LogP contribution in [0, 0.1) is 0 Å². The van der Waals surface area contributed by atoms with Crippen molar-refractivity contribution in [3.05, 3.63) is 75.5 Å². The number of carbonyl (C=O) groups excluding carboxylic acids is 2. The second-order valence-corrected chi connectivity index (χ2v) is 10.2. The van der Waals surface area contributed by atoms with Gasteiger partial charge in [0.1, 0.15) is 5.75 Å². The van der Waals surface area contributed by atoms with E-state index in [0.29, 0.717) is 22.9 Å². The molecule has 1 aromatic heterocycles. The first-order chi connectivity index (χ1) is 15.9. The predicted molar refractivity (Wildman–Crippen MR) is 126 cm³/mol. The number of anilines is 1. The highest BCUT2D eigenvalue weighted by molar-refractivity contribution is 7.92. The third-order valence-corrected chi connectivity index (χ3v) is 7.70. The van der Waals surface area contributed by atoms with Gasteiger partial charge in [0.15, 0.2) is 0 Å². The number of amides is 2. The molecule has 3 N–H and O–H groups in total. The normalized spacial score (nSPS) is 12.6. The van der Waals surface area contributed by atoms with Crippen LogP contribution in [-0.2, 0) is 22.9 Å². The molecule has 1 heterocycles. The largest absolute Gasteiger partial charge is 0.494 e. The van der Waals surface area contributed by atoms with Gasteiger partial charge in [-0.15, -0.1) is 11.3 Å². The van der Waals surface area contributed by atoms with Crippen molar-refractivity contribution in [2.75, 3.05) is 11.3 Å². The Bertz CT molecular complexity index is 1260. The molecule has 0 saturated heterocycles. The molecular formula is C23H23N3O5S2. The fraction of sp³-hybridized carbons (Fsp3) is 0.217. The van der Waals surface area contributed by atoms with Gasteiger partial charge in [-0.1, -0.05) is 6.07 Å². The molecule has 10 heteroatoms. The molecule has 0 atom stereocenters. The molecule has 0 unspecified atom stereocenters. The van der Waals surface area contributed by atoms with Gasteiger partial charge < -0.3 is 4.74 Å². The first-order valence-corrected chi connectivity index (χ1v) is 12.7. The molecule has 33 heavy (non-hydrogen) atoms. The second kappa shape index (κ2) is 9.63. The van der Waals surface area contributed by atoms with Crippen LogP contribution in [-0.4, -0.2) is 26.8 Å². The molecule has 1 aliphatic carbocycles. The summed E-state index contributed by atoms with van der Waals surface area (Å²) in [5.74, 6) is -0.386. The number of hydrogen-bond donors (Lipinski definition) is 3. The van der Waals surface area contributed by atoms with Crippen LogP contribution >= 0.6 is 11.3 Å². The minimum absolute atomic E-state index is 0.0787. The van der Waals surface area contributed by atoms with Crippen LogP contribution in [0.15, 0.2) is 59.5 Å². The zero-order valence-electron chi connectivity index (χ0n) is 17.9. The van der Waals surface area contributed by atoms with Crippen LogP contribution in [0.25, 0.3) is 0 Å². The fourth-order valence-corrected chi connectivity index (χ4v) is 5.75. The van der Waals surface area contributed by atoms with Crippen molar-refractivity contribution in [1.29, 1.82) is 0 Å². The quantitative estimate of drug-likeness (QED) is 0.443. The van der Waals surface area contributed by atoms with E-state index >= 15 is 0 Å². The summed E-state index contributed by atoms with van der Waals surface area (Å²) in [5.41, 5.74) is 6.39. The smallest absolute Gasteiger partial charge is 0.279 e. The number of sulfonamides is 1. The fourth-order valence-electron chi connectivity index (χ4n) is 3.49. The van der Waals surface area contributed by atoms with E-state index in [2.05, 4.69) is 15.6 Å². The van der Waals surface area contributed by atoms with Gasteiger partial charge in [0.25, 0.3) is 21.8 Å². The highest BCUT2D eigenvalue weighted by atomic mass is 32.2. The third kappa shape index (κ3) is 5.35. The molecule has 2 amide bonds. The average molecular weight is 486 g/mol. The molecule has 0 saturated carbocycles. The zero-order chi connectivity index (χ0) is 23.4. The molecule has 8 nitrogen and oxygen atoms in total. The van der Waals surface area contributed by atoms with E-state index in [1.807, 2.05) is 13.0 Å².